The lowest BCUT2D eigenvalue weighted by Gasteiger charge is -2.12. The predicted molar refractivity (Wildman–Crippen MR) is 83.2 cm³/mol. The Kier molecular flexibility index (Phi) is 3.44. The number of hydrogen-bond acceptors (Lipinski definition) is 3. The number of hydrogen-bond donors (Lipinski definition) is 0. The maximum atomic E-state index is 5.55. The average molecular weight is 279 g/mol. The quantitative estimate of drug-likeness (QED) is 0.737. The second-order valence-electron chi connectivity index (χ2n) is 4.97. The molecule has 2 aromatic heterocycles. The van der Waals surface area contributed by atoms with Gasteiger partial charge in [0.2, 0.25) is 0 Å². The third kappa shape index (κ3) is 2.40. The van der Waals surface area contributed by atoms with Gasteiger partial charge in [0.05, 0.1) is 12.7 Å². The summed E-state index contributed by atoms with van der Waals surface area (Å²) in [6.07, 6.45) is 7.39. The van der Waals surface area contributed by atoms with Crippen molar-refractivity contribution in [2.24, 2.45) is 7.05 Å². The molecule has 4 heteroatoms. The maximum absolute atomic E-state index is 5.55. The van der Waals surface area contributed by atoms with Gasteiger partial charge in [-0.15, -0.1) is 0 Å². The van der Waals surface area contributed by atoms with Crippen molar-refractivity contribution in [1.82, 2.24) is 14.5 Å². The van der Waals surface area contributed by atoms with E-state index in [-0.39, 0.29) is 0 Å². The van der Waals surface area contributed by atoms with Crippen molar-refractivity contribution < 1.29 is 4.74 Å². The Morgan fingerprint density at radius 2 is 1.95 bits per heavy atom. The number of aromatic nitrogens is 3. The van der Waals surface area contributed by atoms with Gasteiger partial charge in [-0.3, -0.25) is 4.98 Å². The minimum atomic E-state index is 0.810. The summed E-state index contributed by atoms with van der Waals surface area (Å²) in [6.45, 7) is 2.08. The monoisotopic (exact) mass is 279 g/mol. The van der Waals surface area contributed by atoms with Crippen LogP contribution in [-0.4, -0.2) is 21.6 Å². The molecule has 0 saturated carbocycles. The largest absolute Gasteiger partial charge is 0.496 e. The van der Waals surface area contributed by atoms with Crippen molar-refractivity contribution in [2.45, 2.75) is 6.92 Å². The number of imidazole rings is 1. The molecule has 1 aromatic carbocycles. The number of rotatable bonds is 3. The fourth-order valence-electron chi connectivity index (χ4n) is 2.43. The van der Waals surface area contributed by atoms with E-state index in [2.05, 4.69) is 23.0 Å². The fourth-order valence-corrected chi connectivity index (χ4v) is 2.43. The van der Waals surface area contributed by atoms with Crippen molar-refractivity contribution in [3.8, 4) is 28.3 Å². The van der Waals surface area contributed by atoms with Crippen LogP contribution in [0.3, 0.4) is 0 Å². The summed E-state index contributed by atoms with van der Waals surface area (Å²) < 4.78 is 7.53. The fraction of sp³-hybridized carbons (Fsp3) is 0.176. The number of benzene rings is 1. The van der Waals surface area contributed by atoms with Crippen molar-refractivity contribution in [3.05, 3.63) is 54.6 Å². The second-order valence-corrected chi connectivity index (χ2v) is 4.97. The van der Waals surface area contributed by atoms with E-state index in [0.717, 1.165) is 28.3 Å². The van der Waals surface area contributed by atoms with Gasteiger partial charge >= 0.3 is 0 Å². The molecule has 21 heavy (non-hydrogen) atoms. The number of aryl methyl sites for hydroxylation is 2. The highest BCUT2D eigenvalue weighted by atomic mass is 16.5. The molecule has 106 valence electrons. The molecule has 0 saturated heterocycles. The second kappa shape index (κ2) is 5.40. The minimum Gasteiger partial charge on any atom is -0.496 e. The molecule has 4 nitrogen and oxygen atoms in total. The summed E-state index contributed by atoms with van der Waals surface area (Å²) in [5.74, 6) is 1.70. The number of pyridine rings is 1. The summed E-state index contributed by atoms with van der Waals surface area (Å²) >= 11 is 0. The molecule has 0 aliphatic rings. The summed E-state index contributed by atoms with van der Waals surface area (Å²) in [5, 5.41) is 0. The van der Waals surface area contributed by atoms with E-state index in [1.807, 2.05) is 42.2 Å². The molecule has 0 unspecified atom stereocenters. The van der Waals surface area contributed by atoms with E-state index in [4.69, 9.17) is 4.74 Å². The van der Waals surface area contributed by atoms with E-state index in [1.54, 1.807) is 19.5 Å². The van der Waals surface area contributed by atoms with Crippen LogP contribution in [0.4, 0.5) is 0 Å². The first-order chi connectivity index (χ1) is 10.2. The Labute approximate surface area is 124 Å². The van der Waals surface area contributed by atoms with Crippen molar-refractivity contribution >= 4 is 0 Å². The Morgan fingerprint density at radius 1 is 1.10 bits per heavy atom. The first-order valence-electron chi connectivity index (χ1n) is 6.77. The van der Waals surface area contributed by atoms with Crippen LogP contribution in [0.15, 0.2) is 49.1 Å². The zero-order chi connectivity index (χ0) is 14.8. The molecule has 0 radical (unpaired) electrons. The number of ether oxygens (including phenoxy) is 1. The first-order valence-corrected chi connectivity index (χ1v) is 6.77. The van der Waals surface area contributed by atoms with Gasteiger partial charge in [0, 0.05) is 37.4 Å². The predicted octanol–water partition coefficient (Wildman–Crippen LogP) is 3.47. The third-order valence-corrected chi connectivity index (χ3v) is 3.61. The van der Waals surface area contributed by atoms with Crippen LogP contribution < -0.4 is 4.74 Å². The van der Waals surface area contributed by atoms with Gasteiger partial charge < -0.3 is 9.30 Å². The molecule has 0 N–H and O–H groups in total. The Morgan fingerprint density at radius 3 is 2.62 bits per heavy atom. The molecule has 0 amide bonds. The Hall–Kier alpha value is -2.62. The van der Waals surface area contributed by atoms with E-state index in [1.165, 1.54) is 5.56 Å². The van der Waals surface area contributed by atoms with Gasteiger partial charge in [-0.25, -0.2) is 4.98 Å². The van der Waals surface area contributed by atoms with Crippen LogP contribution in [0.1, 0.15) is 5.56 Å². The van der Waals surface area contributed by atoms with Gasteiger partial charge in [0.1, 0.15) is 11.6 Å². The van der Waals surface area contributed by atoms with Crippen molar-refractivity contribution in [2.75, 3.05) is 7.11 Å². The Bertz CT molecular complexity index is 777. The molecular formula is C17H17N3O. The van der Waals surface area contributed by atoms with E-state index < -0.39 is 0 Å². The SMILES string of the molecule is COc1cc(-c2cnccc2C)ccc1-c1nccn1C. The molecule has 3 aromatic rings. The van der Waals surface area contributed by atoms with Crippen LogP contribution in [0.2, 0.25) is 0 Å². The smallest absolute Gasteiger partial charge is 0.143 e. The van der Waals surface area contributed by atoms with Gasteiger partial charge in [-0.2, -0.15) is 0 Å². The third-order valence-electron chi connectivity index (χ3n) is 3.61. The van der Waals surface area contributed by atoms with Crippen LogP contribution >= 0.6 is 0 Å². The highest BCUT2D eigenvalue weighted by molar-refractivity contribution is 5.74. The normalized spacial score (nSPS) is 10.6. The number of methoxy groups -OCH3 is 1. The van der Waals surface area contributed by atoms with Gasteiger partial charge in [0.15, 0.2) is 0 Å². The lowest BCUT2D eigenvalue weighted by molar-refractivity contribution is 0.416. The average Bonchev–Trinajstić information content (AvgIpc) is 2.93. The molecule has 0 atom stereocenters. The van der Waals surface area contributed by atoms with Crippen molar-refractivity contribution in [1.29, 1.82) is 0 Å². The molecule has 2 heterocycles. The lowest BCUT2D eigenvalue weighted by Crippen LogP contribution is -1.96. The van der Waals surface area contributed by atoms with Crippen LogP contribution in [-0.2, 0) is 7.05 Å². The highest BCUT2D eigenvalue weighted by Gasteiger charge is 2.12. The zero-order valence-electron chi connectivity index (χ0n) is 12.4. The van der Waals surface area contributed by atoms with E-state index >= 15 is 0 Å². The highest BCUT2D eigenvalue weighted by Crippen LogP contribution is 2.33. The van der Waals surface area contributed by atoms with Crippen molar-refractivity contribution in [3.63, 3.8) is 0 Å². The Balaban J connectivity index is 2.12. The van der Waals surface area contributed by atoms with Crippen LogP contribution in [0, 0.1) is 6.92 Å². The van der Waals surface area contributed by atoms with Crippen LogP contribution in [0.25, 0.3) is 22.5 Å². The molecule has 3 rings (SSSR count). The molecule has 0 spiro atoms. The maximum Gasteiger partial charge on any atom is 0.143 e. The molecule has 0 aliphatic heterocycles. The lowest BCUT2D eigenvalue weighted by atomic mass is 10.0. The summed E-state index contributed by atoms with van der Waals surface area (Å²) in [7, 11) is 3.66. The number of nitrogens with zero attached hydrogens (tertiary/aromatic N) is 3. The standard InChI is InChI=1S/C17H17N3O/c1-12-6-7-18-11-15(12)13-4-5-14(16(10-13)21-3)17-19-8-9-20(17)2/h4-11H,1-3H3. The molecule has 0 fully saturated rings. The zero-order valence-corrected chi connectivity index (χ0v) is 12.4. The van der Waals surface area contributed by atoms with Crippen LogP contribution in [0.5, 0.6) is 5.75 Å². The van der Waals surface area contributed by atoms with E-state index in [0.29, 0.717) is 0 Å². The van der Waals surface area contributed by atoms with Gasteiger partial charge in [0.25, 0.3) is 0 Å². The topological polar surface area (TPSA) is 39.9 Å². The molecular weight excluding hydrogens is 262 g/mol. The summed E-state index contributed by atoms with van der Waals surface area (Å²) in [6, 6.07) is 8.17. The molecule has 0 aliphatic carbocycles. The summed E-state index contributed by atoms with van der Waals surface area (Å²) in [4.78, 5) is 8.59. The van der Waals surface area contributed by atoms with E-state index in [9.17, 15) is 0 Å². The molecule has 0 bridgehead atoms. The van der Waals surface area contributed by atoms with Gasteiger partial charge in [-0.1, -0.05) is 6.07 Å². The first kappa shape index (κ1) is 13.4. The van der Waals surface area contributed by atoms with Gasteiger partial charge in [-0.05, 0) is 36.2 Å². The summed E-state index contributed by atoms with van der Waals surface area (Å²) in [5.41, 5.74) is 4.38. The minimum absolute atomic E-state index is 0.810.